The number of hydrogen-bond acceptors (Lipinski definition) is 6. The minimum atomic E-state index is -0.686. The zero-order valence-electron chi connectivity index (χ0n) is 15.7. The topological polar surface area (TPSA) is 77.5 Å². The van der Waals surface area contributed by atoms with Crippen molar-refractivity contribution in [1.82, 2.24) is 10.3 Å². The van der Waals surface area contributed by atoms with Crippen LogP contribution in [0.1, 0.15) is 16.1 Å². The van der Waals surface area contributed by atoms with E-state index >= 15 is 0 Å². The van der Waals surface area contributed by atoms with Gasteiger partial charge in [-0.15, -0.1) is 11.3 Å². The number of benzene rings is 2. The number of carbonyl (C=O) groups excluding carboxylic acids is 2. The van der Waals surface area contributed by atoms with E-state index in [0.29, 0.717) is 23.5 Å². The average molecular weight is 414 g/mol. The number of methoxy groups -OCH3 is 1. The molecule has 0 saturated carbocycles. The Labute approximate surface area is 171 Å². The average Bonchev–Trinajstić information content (AvgIpc) is 3.23. The van der Waals surface area contributed by atoms with Crippen molar-refractivity contribution in [2.24, 2.45) is 0 Å². The van der Waals surface area contributed by atoms with Gasteiger partial charge in [-0.05, 0) is 42.3 Å². The molecule has 0 bridgehead atoms. The molecule has 1 heterocycles. The van der Waals surface area contributed by atoms with Gasteiger partial charge in [0.25, 0.3) is 5.91 Å². The molecule has 0 fully saturated rings. The van der Waals surface area contributed by atoms with Crippen LogP contribution in [0.25, 0.3) is 10.6 Å². The van der Waals surface area contributed by atoms with Gasteiger partial charge in [0.15, 0.2) is 12.3 Å². The Kier molecular flexibility index (Phi) is 6.91. The summed E-state index contributed by atoms with van der Waals surface area (Å²) in [4.78, 5) is 28.2. The summed E-state index contributed by atoms with van der Waals surface area (Å²) in [6.07, 6.45) is 0.594. The Morgan fingerprint density at radius 2 is 1.90 bits per heavy atom. The van der Waals surface area contributed by atoms with E-state index in [1.54, 1.807) is 24.6 Å². The molecular formula is C21H19FN2O4S. The molecule has 0 atom stereocenters. The fraction of sp³-hybridized carbons (Fsp3) is 0.190. The summed E-state index contributed by atoms with van der Waals surface area (Å²) in [5.41, 5.74) is 1.78. The Bertz CT molecular complexity index is 988. The van der Waals surface area contributed by atoms with E-state index in [-0.39, 0.29) is 11.5 Å². The second-order valence-electron chi connectivity index (χ2n) is 6.03. The number of amides is 1. The second-order valence-corrected chi connectivity index (χ2v) is 6.89. The largest absolute Gasteiger partial charge is 0.496 e. The number of ether oxygens (including phenoxy) is 2. The zero-order valence-corrected chi connectivity index (χ0v) is 16.5. The van der Waals surface area contributed by atoms with E-state index in [4.69, 9.17) is 9.47 Å². The molecular weight excluding hydrogens is 395 g/mol. The van der Waals surface area contributed by atoms with Crippen molar-refractivity contribution in [2.75, 3.05) is 20.3 Å². The first-order chi connectivity index (χ1) is 14.1. The SMILES string of the molecule is COc1ccccc1CCNC(=O)COC(=O)c1csc(-c2ccc(F)cc2)n1. The molecule has 150 valence electrons. The quantitative estimate of drug-likeness (QED) is 0.571. The highest BCUT2D eigenvalue weighted by molar-refractivity contribution is 7.13. The molecule has 0 unspecified atom stereocenters. The van der Waals surface area contributed by atoms with Gasteiger partial charge in [-0.25, -0.2) is 14.2 Å². The number of thiazole rings is 1. The van der Waals surface area contributed by atoms with E-state index in [2.05, 4.69) is 10.3 Å². The highest BCUT2D eigenvalue weighted by Gasteiger charge is 2.15. The lowest BCUT2D eigenvalue weighted by molar-refractivity contribution is -0.124. The van der Waals surface area contributed by atoms with Crippen molar-refractivity contribution >= 4 is 23.2 Å². The van der Waals surface area contributed by atoms with Crippen LogP contribution in [0.5, 0.6) is 5.75 Å². The van der Waals surface area contributed by atoms with Crippen LogP contribution in [-0.4, -0.2) is 37.1 Å². The van der Waals surface area contributed by atoms with Gasteiger partial charge in [-0.3, -0.25) is 4.79 Å². The molecule has 3 aromatic rings. The van der Waals surface area contributed by atoms with Crippen molar-refractivity contribution in [1.29, 1.82) is 0 Å². The van der Waals surface area contributed by atoms with Crippen LogP contribution in [0.15, 0.2) is 53.9 Å². The summed E-state index contributed by atoms with van der Waals surface area (Å²) >= 11 is 1.24. The summed E-state index contributed by atoms with van der Waals surface area (Å²) < 4.78 is 23.3. The standard InChI is InChI=1S/C21H19FN2O4S/c1-27-18-5-3-2-4-14(18)10-11-23-19(25)12-28-21(26)17-13-29-20(24-17)15-6-8-16(22)9-7-15/h2-9,13H,10-12H2,1H3,(H,23,25). The molecule has 0 spiro atoms. The van der Waals surface area contributed by atoms with Crippen molar-refractivity contribution < 1.29 is 23.5 Å². The zero-order chi connectivity index (χ0) is 20.6. The number of para-hydroxylation sites is 1. The van der Waals surface area contributed by atoms with Gasteiger partial charge >= 0.3 is 5.97 Å². The van der Waals surface area contributed by atoms with E-state index in [1.807, 2.05) is 24.3 Å². The van der Waals surface area contributed by atoms with Gasteiger partial charge in [0.05, 0.1) is 7.11 Å². The molecule has 1 amide bonds. The first-order valence-electron chi connectivity index (χ1n) is 8.84. The molecule has 2 aromatic carbocycles. The maximum absolute atomic E-state index is 13.0. The molecule has 1 aromatic heterocycles. The number of nitrogens with one attached hydrogen (secondary N) is 1. The molecule has 0 radical (unpaired) electrons. The van der Waals surface area contributed by atoms with Crippen LogP contribution in [0.4, 0.5) is 4.39 Å². The molecule has 29 heavy (non-hydrogen) atoms. The molecule has 8 heteroatoms. The lowest BCUT2D eigenvalue weighted by atomic mass is 10.1. The van der Waals surface area contributed by atoms with Crippen molar-refractivity contribution in [3.05, 3.63) is 71.0 Å². The number of rotatable bonds is 8. The maximum Gasteiger partial charge on any atom is 0.358 e. The first-order valence-corrected chi connectivity index (χ1v) is 9.72. The Balaban J connectivity index is 1.45. The highest BCUT2D eigenvalue weighted by Crippen LogP contribution is 2.24. The number of esters is 1. The molecule has 1 N–H and O–H groups in total. The summed E-state index contributed by atoms with van der Waals surface area (Å²) in [6.45, 7) is -0.00363. The van der Waals surface area contributed by atoms with Crippen LogP contribution < -0.4 is 10.1 Å². The van der Waals surface area contributed by atoms with Crippen LogP contribution in [0, 0.1) is 5.82 Å². The summed E-state index contributed by atoms with van der Waals surface area (Å²) in [6, 6.07) is 13.4. The fourth-order valence-corrected chi connectivity index (χ4v) is 3.39. The Hall–Kier alpha value is -3.26. The van der Waals surface area contributed by atoms with E-state index in [1.165, 1.54) is 23.5 Å². The highest BCUT2D eigenvalue weighted by atomic mass is 32.1. The molecule has 0 aliphatic rings. The van der Waals surface area contributed by atoms with Crippen LogP contribution in [-0.2, 0) is 16.0 Å². The van der Waals surface area contributed by atoms with Crippen LogP contribution in [0.2, 0.25) is 0 Å². The van der Waals surface area contributed by atoms with E-state index < -0.39 is 18.5 Å². The first kappa shape index (κ1) is 20.5. The lowest BCUT2D eigenvalue weighted by Gasteiger charge is -2.09. The van der Waals surface area contributed by atoms with Crippen molar-refractivity contribution in [3.63, 3.8) is 0 Å². The molecule has 0 aliphatic carbocycles. The number of aromatic nitrogens is 1. The van der Waals surface area contributed by atoms with Crippen molar-refractivity contribution in [2.45, 2.75) is 6.42 Å². The molecule has 0 saturated heterocycles. The van der Waals surface area contributed by atoms with Crippen LogP contribution in [0.3, 0.4) is 0 Å². The number of hydrogen-bond donors (Lipinski definition) is 1. The van der Waals surface area contributed by atoms with Gasteiger partial charge in [-0.2, -0.15) is 0 Å². The third-order valence-corrected chi connectivity index (χ3v) is 4.94. The Morgan fingerprint density at radius 1 is 1.14 bits per heavy atom. The molecule has 3 rings (SSSR count). The number of nitrogens with zero attached hydrogens (tertiary/aromatic N) is 1. The second kappa shape index (κ2) is 9.79. The minimum absolute atomic E-state index is 0.108. The summed E-state index contributed by atoms with van der Waals surface area (Å²) in [5, 5.41) is 4.81. The van der Waals surface area contributed by atoms with Gasteiger partial charge in [0.1, 0.15) is 16.6 Å². The lowest BCUT2D eigenvalue weighted by Crippen LogP contribution is -2.30. The summed E-state index contributed by atoms with van der Waals surface area (Å²) in [7, 11) is 1.59. The molecule has 0 aliphatic heterocycles. The fourth-order valence-electron chi connectivity index (χ4n) is 2.59. The normalized spacial score (nSPS) is 10.4. The van der Waals surface area contributed by atoms with Gasteiger partial charge in [0, 0.05) is 17.5 Å². The van der Waals surface area contributed by atoms with Gasteiger partial charge in [0.2, 0.25) is 0 Å². The summed E-state index contributed by atoms with van der Waals surface area (Å²) in [5.74, 6) is -0.674. The number of carbonyl (C=O) groups is 2. The predicted octanol–water partition coefficient (Wildman–Crippen LogP) is 3.47. The van der Waals surface area contributed by atoms with Crippen LogP contribution >= 0.6 is 11.3 Å². The monoisotopic (exact) mass is 414 g/mol. The van der Waals surface area contributed by atoms with E-state index in [9.17, 15) is 14.0 Å². The van der Waals surface area contributed by atoms with Gasteiger partial charge < -0.3 is 14.8 Å². The van der Waals surface area contributed by atoms with E-state index in [0.717, 1.165) is 11.3 Å². The number of halogens is 1. The van der Waals surface area contributed by atoms with Crippen molar-refractivity contribution in [3.8, 4) is 16.3 Å². The third-order valence-electron chi connectivity index (χ3n) is 4.05. The third kappa shape index (κ3) is 5.61. The minimum Gasteiger partial charge on any atom is -0.496 e. The smallest absolute Gasteiger partial charge is 0.358 e. The molecule has 6 nitrogen and oxygen atoms in total. The van der Waals surface area contributed by atoms with Gasteiger partial charge in [-0.1, -0.05) is 18.2 Å². The Morgan fingerprint density at radius 3 is 2.66 bits per heavy atom. The maximum atomic E-state index is 13.0. The predicted molar refractivity (Wildman–Crippen MR) is 107 cm³/mol.